The van der Waals surface area contributed by atoms with Crippen molar-refractivity contribution in [3.05, 3.63) is 18.0 Å². The van der Waals surface area contributed by atoms with Crippen LogP contribution in [0.25, 0.3) is 0 Å². The van der Waals surface area contributed by atoms with Gasteiger partial charge in [0.25, 0.3) is 0 Å². The van der Waals surface area contributed by atoms with E-state index in [2.05, 4.69) is 4.72 Å². The molecule has 1 atom stereocenters. The first-order chi connectivity index (χ1) is 9.61. The number of hydrogen-bond donors (Lipinski definition) is 2. The molecule has 0 saturated carbocycles. The Hall–Kier alpha value is -0.900. The van der Waals surface area contributed by atoms with E-state index in [1.807, 2.05) is 6.92 Å². The molecule has 0 aromatic carbocycles. The average Bonchev–Trinajstić information content (AvgIpc) is 2.89. The van der Waals surface area contributed by atoms with Gasteiger partial charge in [0.1, 0.15) is 0 Å². The molecule has 9 heteroatoms. The molecular weight excluding hydrogens is 314 g/mol. The number of sulfone groups is 1. The second-order valence-corrected chi connectivity index (χ2v) is 9.53. The molecule has 1 aromatic heterocycles. The first kappa shape index (κ1) is 16.5. The zero-order valence-corrected chi connectivity index (χ0v) is 13.8. The summed E-state index contributed by atoms with van der Waals surface area (Å²) in [6, 6.07) is 1.53. The van der Waals surface area contributed by atoms with Gasteiger partial charge in [0, 0.05) is 30.5 Å². The molecule has 2 heterocycles. The van der Waals surface area contributed by atoms with Crippen LogP contribution in [0.5, 0.6) is 0 Å². The van der Waals surface area contributed by atoms with Gasteiger partial charge in [0.2, 0.25) is 10.0 Å². The second kappa shape index (κ2) is 5.38. The molecule has 0 radical (unpaired) electrons. The second-order valence-electron chi connectivity index (χ2n) is 5.67. The molecule has 0 bridgehead atoms. The van der Waals surface area contributed by atoms with Crippen molar-refractivity contribution in [3.63, 3.8) is 0 Å². The van der Waals surface area contributed by atoms with E-state index in [9.17, 15) is 16.8 Å². The van der Waals surface area contributed by atoms with Crippen molar-refractivity contribution in [3.8, 4) is 0 Å². The Balaban J connectivity index is 2.29. The maximum Gasteiger partial charge on any atom is 0.242 e. The monoisotopic (exact) mass is 335 g/mol. The summed E-state index contributed by atoms with van der Waals surface area (Å²) in [5, 5.41) is 0. The highest BCUT2D eigenvalue weighted by Gasteiger charge is 2.41. The van der Waals surface area contributed by atoms with E-state index in [4.69, 9.17) is 5.73 Å². The van der Waals surface area contributed by atoms with Gasteiger partial charge in [0.15, 0.2) is 9.84 Å². The lowest BCUT2D eigenvalue weighted by atomic mass is 10.0. The molecule has 21 heavy (non-hydrogen) atoms. The van der Waals surface area contributed by atoms with E-state index in [-0.39, 0.29) is 29.4 Å². The van der Waals surface area contributed by atoms with Gasteiger partial charge in [0.05, 0.1) is 16.4 Å². The van der Waals surface area contributed by atoms with Crippen LogP contribution >= 0.6 is 0 Å². The molecule has 0 spiro atoms. The minimum Gasteiger partial charge on any atom is -0.349 e. The molecule has 3 N–H and O–H groups in total. The van der Waals surface area contributed by atoms with Crippen molar-refractivity contribution in [2.75, 3.05) is 11.5 Å². The fourth-order valence-electron chi connectivity index (χ4n) is 2.61. The highest BCUT2D eigenvalue weighted by atomic mass is 32.2. The number of hydrogen-bond acceptors (Lipinski definition) is 5. The summed E-state index contributed by atoms with van der Waals surface area (Å²) >= 11 is 0. The number of nitrogens with two attached hydrogens (primary N) is 1. The fraction of sp³-hybridized carbons (Fsp3) is 0.667. The van der Waals surface area contributed by atoms with Crippen LogP contribution in [0.4, 0.5) is 0 Å². The maximum absolute atomic E-state index is 12.4. The van der Waals surface area contributed by atoms with Crippen molar-refractivity contribution >= 4 is 19.9 Å². The van der Waals surface area contributed by atoms with Crippen LogP contribution in [0, 0.1) is 0 Å². The topological polar surface area (TPSA) is 111 Å². The summed E-state index contributed by atoms with van der Waals surface area (Å²) in [5.41, 5.74) is 5.37. The molecule has 2 rings (SSSR count). The number of aromatic nitrogens is 1. The number of nitrogens with one attached hydrogen (secondary N) is 1. The summed E-state index contributed by atoms with van der Waals surface area (Å²) in [4.78, 5) is 0.121. The fourth-order valence-corrected chi connectivity index (χ4v) is 6.30. The summed E-state index contributed by atoms with van der Waals surface area (Å²) < 4.78 is 52.3. The Morgan fingerprint density at radius 3 is 2.57 bits per heavy atom. The van der Waals surface area contributed by atoms with Crippen LogP contribution in [-0.2, 0) is 33.0 Å². The molecule has 1 aliphatic heterocycles. The Labute approximate surface area is 125 Å². The zero-order chi connectivity index (χ0) is 15.9. The number of nitrogens with zero attached hydrogens (tertiary/aromatic N) is 1. The van der Waals surface area contributed by atoms with E-state index in [0.717, 1.165) is 5.69 Å². The lowest BCUT2D eigenvalue weighted by Gasteiger charge is -2.23. The van der Waals surface area contributed by atoms with E-state index < -0.39 is 25.4 Å². The van der Waals surface area contributed by atoms with Crippen molar-refractivity contribution in [1.82, 2.24) is 9.29 Å². The number of sulfonamides is 1. The van der Waals surface area contributed by atoms with Gasteiger partial charge >= 0.3 is 0 Å². The lowest BCUT2D eigenvalue weighted by Crippen LogP contribution is -2.46. The Morgan fingerprint density at radius 1 is 1.48 bits per heavy atom. The molecule has 0 amide bonds. The van der Waals surface area contributed by atoms with Crippen LogP contribution in [0.1, 0.15) is 26.0 Å². The van der Waals surface area contributed by atoms with Crippen LogP contribution in [0.15, 0.2) is 17.2 Å². The third kappa shape index (κ3) is 3.47. The standard InChI is InChI=1S/C12H21N3O4S2/c1-3-15-8-11(6-10(15)7-13)21(18,19)14-12(2)4-5-20(16,17)9-12/h6,8,14H,3-5,7,9,13H2,1-2H3. The first-order valence-corrected chi connectivity index (χ1v) is 10.0. The van der Waals surface area contributed by atoms with Crippen molar-refractivity contribution in [2.45, 2.75) is 43.8 Å². The minimum atomic E-state index is -3.77. The molecule has 1 aromatic rings. The average molecular weight is 335 g/mol. The lowest BCUT2D eigenvalue weighted by molar-refractivity contribution is 0.461. The van der Waals surface area contributed by atoms with Gasteiger partial charge in [-0.25, -0.2) is 21.6 Å². The van der Waals surface area contributed by atoms with Crippen LogP contribution in [0.2, 0.25) is 0 Å². The molecule has 1 saturated heterocycles. The Bertz CT molecular complexity index is 715. The van der Waals surface area contributed by atoms with Crippen LogP contribution < -0.4 is 10.5 Å². The van der Waals surface area contributed by atoms with Crippen molar-refractivity contribution < 1.29 is 16.8 Å². The van der Waals surface area contributed by atoms with Crippen molar-refractivity contribution in [1.29, 1.82) is 0 Å². The quantitative estimate of drug-likeness (QED) is 0.775. The summed E-state index contributed by atoms with van der Waals surface area (Å²) in [5.74, 6) is -0.159. The zero-order valence-electron chi connectivity index (χ0n) is 12.2. The highest BCUT2D eigenvalue weighted by molar-refractivity contribution is 7.92. The SMILES string of the molecule is CCn1cc(S(=O)(=O)NC2(C)CCS(=O)(=O)C2)cc1CN. The predicted molar refractivity (Wildman–Crippen MR) is 80.0 cm³/mol. The first-order valence-electron chi connectivity index (χ1n) is 6.74. The largest absolute Gasteiger partial charge is 0.349 e. The van der Waals surface area contributed by atoms with Gasteiger partial charge in [-0.2, -0.15) is 0 Å². The Kier molecular flexibility index (Phi) is 4.22. The van der Waals surface area contributed by atoms with E-state index >= 15 is 0 Å². The number of aryl methyl sites for hydroxylation is 1. The number of rotatable bonds is 5. The van der Waals surface area contributed by atoms with Crippen molar-refractivity contribution in [2.24, 2.45) is 5.73 Å². The van der Waals surface area contributed by atoms with Gasteiger partial charge in [-0.3, -0.25) is 0 Å². The normalized spacial score (nSPS) is 25.3. The van der Waals surface area contributed by atoms with E-state index in [0.29, 0.717) is 6.54 Å². The smallest absolute Gasteiger partial charge is 0.242 e. The molecule has 1 unspecified atom stereocenters. The van der Waals surface area contributed by atoms with Gasteiger partial charge in [-0.15, -0.1) is 0 Å². The molecular formula is C12H21N3O4S2. The molecule has 120 valence electrons. The molecule has 0 aliphatic carbocycles. The third-order valence-corrected chi connectivity index (χ3v) is 7.21. The molecule has 1 fully saturated rings. The maximum atomic E-state index is 12.4. The summed E-state index contributed by atoms with van der Waals surface area (Å²) in [6.45, 7) is 4.38. The van der Waals surface area contributed by atoms with Gasteiger partial charge < -0.3 is 10.3 Å². The van der Waals surface area contributed by atoms with Gasteiger partial charge in [-0.05, 0) is 26.3 Å². The van der Waals surface area contributed by atoms with Crippen LogP contribution in [0.3, 0.4) is 0 Å². The van der Waals surface area contributed by atoms with E-state index in [1.54, 1.807) is 11.5 Å². The third-order valence-electron chi connectivity index (χ3n) is 3.71. The highest BCUT2D eigenvalue weighted by Crippen LogP contribution is 2.26. The van der Waals surface area contributed by atoms with Crippen LogP contribution in [-0.4, -0.2) is 38.4 Å². The summed E-state index contributed by atoms with van der Waals surface area (Å²) in [6.07, 6.45) is 1.81. The minimum absolute atomic E-state index is 0.00996. The Morgan fingerprint density at radius 2 is 2.14 bits per heavy atom. The van der Waals surface area contributed by atoms with Gasteiger partial charge in [-0.1, -0.05) is 0 Å². The molecule has 1 aliphatic rings. The predicted octanol–water partition coefficient (Wildman–Crippen LogP) is -0.178. The van der Waals surface area contributed by atoms with E-state index in [1.165, 1.54) is 12.3 Å². The summed E-state index contributed by atoms with van der Waals surface area (Å²) in [7, 11) is -6.94. The molecule has 7 nitrogen and oxygen atoms in total.